The maximum Gasteiger partial charge on any atom is 0.432 e. The summed E-state index contributed by atoms with van der Waals surface area (Å²) in [5.74, 6) is 0. The fraction of sp³-hybridized carbons (Fsp3) is 0.222. The summed E-state index contributed by atoms with van der Waals surface area (Å²) in [6.07, 6.45) is -7.04. The van der Waals surface area contributed by atoms with E-state index in [-0.39, 0.29) is 20.1 Å². The molecule has 3 rings (SSSR count). The Balaban J connectivity index is 0.000000289. The van der Waals surface area contributed by atoms with Gasteiger partial charge < -0.3 is 14.9 Å². The van der Waals surface area contributed by atoms with Crippen molar-refractivity contribution in [1.82, 2.24) is 9.88 Å². The molecule has 0 saturated heterocycles. The smallest absolute Gasteiger partial charge is 0.432 e. The van der Waals surface area contributed by atoms with Gasteiger partial charge in [0.25, 0.3) is 5.60 Å². The first kappa shape index (κ1) is 24.9. The molecule has 1 radical (unpaired) electrons. The minimum atomic E-state index is -5.89. The number of benzene rings is 1. The van der Waals surface area contributed by atoms with Crippen molar-refractivity contribution in [2.45, 2.75) is 18.0 Å². The van der Waals surface area contributed by atoms with Crippen molar-refractivity contribution in [2.24, 2.45) is 0 Å². The molecule has 161 valence electrons. The molecule has 0 fully saturated rings. The summed E-state index contributed by atoms with van der Waals surface area (Å²) in [4.78, 5) is 6.92. The zero-order valence-corrected chi connectivity index (χ0v) is 17.1. The topological polar surface area (TPSA) is 39.6 Å². The van der Waals surface area contributed by atoms with Crippen molar-refractivity contribution in [2.75, 3.05) is 11.9 Å². The number of nitrogens with zero attached hydrogens (tertiary/aromatic N) is 3. The average molecular weight is 596 g/mol. The maximum absolute atomic E-state index is 12.3. The number of rotatable bonds is 2. The molecule has 1 aromatic carbocycles. The van der Waals surface area contributed by atoms with Crippen LogP contribution in [0.5, 0.6) is 0 Å². The first-order valence-corrected chi connectivity index (χ1v) is 7.74. The molecule has 0 aliphatic carbocycles. The Bertz CT molecular complexity index is 770. The molecule has 0 saturated carbocycles. The summed E-state index contributed by atoms with van der Waals surface area (Å²) in [5.41, 5.74) is -5.38. The van der Waals surface area contributed by atoms with Crippen LogP contribution >= 0.6 is 0 Å². The SMILES string of the molecule is CN1C=CN(c2[c-]cccc2)[CH-]1.OC(c1ccccn1)(C(F)(F)F)C(F)(F)F.[Ir]. The van der Waals surface area contributed by atoms with Gasteiger partial charge in [-0.2, -0.15) is 63.3 Å². The van der Waals surface area contributed by atoms with Gasteiger partial charge in [-0.1, -0.05) is 6.07 Å². The molecule has 2 aromatic rings. The van der Waals surface area contributed by atoms with Crippen LogP contribution in [0.25, 0.3) is 0 Å². The van der Waals surface area contributed by atoms with Crippen LogP contribution in [0.4, 0.5) is 32.0 Å². The van der Waals surface area contributed by atoms with Gasteiger partial charge in [0.1, 0.15) is 0 Å². The van der Waals surface area contributed by atoms with Crippen molar-refractivity contribution >= 4 is 5.69 Å². The Morgan fingerprint density at radius 1 is 0.966 bits per heavy atom. The first-order chi connectivity index (χ1) is 13.0. The Morgan fingerprint density at radius 2 is 1.59 bits per heavy atom. The molecule has 0 bridgehead atoms. The van der Waals surface area contributed by atoms with Crippen molar-refractivity contribution in [3.63, 3.8) is 0 Å². The van der Waals surface area contributed by atoms with Crippen molar-refractivity contribution < 1.29 is 51.6 Å². The van der Waals surface area contributed by atoms with Gasteiger partial charge in [0.15, 0.2) is 0 Å². The van der Waals surface area contributed by atoms with Gasteiger partial charge in [0, 0.05) is 26.3 Å². The van der Waals surface area contributed by atoms with E-state index < -0.39 is 23.6 Å². The summed E-state index contributed by atoms with van der Waals surface area (Å²) in [6.45, 7) is 2.01. The monoisotopic (exact) mass is 596 g/mol. The van der Waals surface area contributed by atoms with Crippen LogP contribution in [-0.2, 0) is 25.7 Å². The quantitative estimate of drug-likeness (QED) is 0.417. The minimum absolute atomic E-state index is 0. The predicted molar refractivity (Wildman–Crippen MR) is 89.2 cm³/mol. The van der Waals surface area contributed by atoms with Crippen LogP contribution in [0.15, 0.2) is 61.1 Å². The van der Waals surface area contributed by atoms with E-state index in [1.54, 1.807) is 0 Å². The number of hydrogen-bond acceptors (Lipinski definition) is 4. The third kappa shape index (κ3) is 5.71. The number of pyridine rings is 1. The number of alkyl halides is 6. The summed E-state index contributed by atoms with van der Waals surface area (Å²) in [6, 6.07) is 13.6. The molecule has 1 N–H and O–H groups in total. The Morgan fingerprint density at radius 3 is 2.00 bits per heavy atom. The second-order valence-electron chi connectivity index (χ2n) is 5.66. The van der Waals surface area contributed by atoms with E-state index in [0.29, 0.717) is 6.07 Å². The van der Waals surface area contributed by atoms with Crippen molar-refractivity contribution in [3.05, 3.63) is 79.5 Å². The van der Waals surface area contributed by atoms with Crippen LogP contribution in [-0.4, -0.2) is 34.4 Å². The number of halogens is 6. The van der Waals surface area contributed by atoms with Crippen LogP contribution in [0.1, 0.15) is 5.69 Å². The third-order valence-electron chi connectivity index (χ3n) is 3.60. The van der Waals surface area contributed by atoms with E-state index in [0.717, 1.165) is 24.0 Å². The number of hydrogen-bond donors (Lipinski definition) is 1. The maximum atomic E-state index is 12.3. The number of aliphatic hydroxyl groups is 1. The van der Waals surface area contributed by atoms with Gasteiger partial charge in [-0.25, -0.2) is 0 Å². The molecular formula is C18H15F6IrN3O-2. The van der Waals surface area contributed by atoms with Gasteiger partial charge >= 0.3 is 12.4 Å². The molecule has 11 heteroatoms. The zero-order chi connectivity index (χ0) is 21.0. The first-order valence-electron chi connectivity index (χ1n) is 7.74. The summed E-state index contributed by atoms with van der Waals surface area (Å²) >= 11 is 0. The van der Waals surface area contributed by atoms with E-state index in [2.05, 4.69) is 11.1 Å². The third-order valence-corrected chi connectivity index (χ3v) is 3.60. The number of para-hydroxylation sites is 1. The molecule has 1 aliphatic heterocycles. The van der Waals surface area contributed by atoms with Crippen molar-refractivity contribution in [3.8, 4) is 0 Å². The minimum Gasteiger partial charge on any atom is -0.510 e. The average Bonchev–Trinajstić information content (AvgIpc) is 3.08. The molecule has 1 aliphatic rings. The molecule has 4 nitrogen and oxygen atoms in total. The van der Waals surface area contributed by atoms with Crippen molar-refractivity contribution in [1.29, 1.82) is 0 Å². The normalized spacial score (nSPS) is 14.2. The Hall–Kier alpha value is -2.10. The molecule has 2 heterocycles. The van der Waals surface area contributed by atoms with E-state index >= 15 is 0 Å². The second-order valence-corrected chi connectivity index (χ2v) is 5.66. The van der Waals surface area contributed by atoms with Crippen LogP contribution in [0, 0.1) is 12.7 Å². The van der Waals surface area contributed by atoms with E-state index in [1.807, 2.05) is 60.2 Å². The fourth-order valence-corrected chi connectivity index (χ4v) is 2.17. The molecule has 0 spiro atoms. The Kier molecular flexibility index (Phi) is 8.25. The molecule has 0 unspecified atom stereocenters. The summed E-state index contributed by atoms with van der Waals surface area (Å²) < 4.78 is 73.7. The van der Waals surface area contributed by atoms with Crippen LogP contribution < -0.4 is 4.90 Å². The van der Waals surface area contributed by atoms with Gasteiger partial charge in [-0.15, -0.1) is 5.69 Å². The van der Waals surface area contributed by atoms with Gasteiger partial charge in [0.05, 0.1) is 5.69 Å². The van der Waals surface area contributed by atoms with E-state index in [4.69, 9.17) is 5.11 Å². The van der Waals surface area contributed by atoms with Gasteiger partial charge in [-0.05, 0) is 31.6 Å². The van der Waals surface area contributed by atoms with E-state index in [1.165, 1.54) is 0 Å². The van der Waals surface area contributed by atoms with Crippen LogP contribution in [0.3, 0.4) is 0 Å². The Labute approximate surface area is 176 Å². The summed E-state index contributed by atoms with van der Waals surface area (Å²) in [7, 11) is 2.00. The summed E-state index contributed by atoms with van der Waals surface area (Å²) in [5, 5.41) is 8.84. The van der Waals surface area contributed by atoms with E-state index in [9.17, 15) is 26.3 Å². The standard InChI is InChI=1S/C10H10N2.C8H5F6NO.Ir/c1-11-7-8-12(9-11)10-5-3-2-4-6-10;9-7(10,11)6(16,8(12,13)14)5-3-1-2-4-15-5;/h2-5,7-9H,1H3;1-4,16H;/q-2;;. The molecule has 1 aromatic heterocycles. The molecule has 0 amide bonds. The van der Waals surface area contributed by atoms with Gasteiger partial charge in [-0.3, -0.25) is 4.98 Å². The number of anilines is 1. The van der Waals surface area contributed by atoms with Crippen LogP contribution in [0.2, 0.25) is 0 Å². The predicted octanol–water partition coefficient (Wildman–Crippen LogP) is 4.22. The molecule has 0 atom stereocenters. The largest absolute Gasteiger partial charge is 0.510 e. The number of aromatic nitrogens is 1. The second kappa shape index (κ2) is 9.60. The molecule has 29 heavy (non-hydrogen) atoms. The zero-order valence-electron chi connectivity index (χ0n) is 14.7. The fourth-order valence-electron chi connectivity index (χ4n) is 2.17. The molecular weight excluding hydrogens is 580 g/mol. The van der Waals surface area contributed by atoms with Gasteiger partial charge in [0.2, 0.25) is 0 Å².